The minimum atomic E-state index is -1.35. The van der Waals surface area contributed by atoms with Gasteiger partial charge >= 0.3 is 0 Å². The highest BCUT2D eigenvalue weighted by Gasteiger charge is 2.22. The molecular weight excluding hydrogens is 449 g/mol. The topological polar surface area (TPSA) is 123 Å². The van der Waals surface area contributed by atoms with E-state index in [4.69, 9.17) is 20.4 Å². The molecule has 0 bridgehead atoms. The van der Waals surface area contributed by atoms with Crippen molar-refractivity contribution in [2.45, 2.75) is 38.6 Å². The van der Waals surface area contributed by atoms with E-state index in [9.17, 15) is 9.50 Å². The van der Waals surface area contributed by atoms with E-state index in [1.165, 1.54) is 37.6 Å². The molecule has 8 nitrogen and oxygen atoms in total. The lowest BCUT2D eigenvalue weighted by atomic mass is 10.1. The van der Waals surface area contributed by atoms with E-state index in [0.717, 1.165) is 24.9 Å². The van der Waals surface area contributed by atoms with Crippen LogP contribution in [0.2, 0.25) is 0 Å². The van der Waals surface area contributed by atoms with Gasteiger partial charge in [-0.15, -0.1) is 0 Å². The summed E-state index contributed by atoms with van der Waals surface area (Å²) >= 11 is 0. The first kappa shape index (κ1) is 26.1. The molecule has 1 saturated carbocycles. The second-order valence-corrected chi connectivity index (χ2v) is 8.40. The van der Waals surface area contributed by atoms with Crippen LogP contribution in [0.3, 0.4) is 0 Å². The maximum absolute atomic E-state index is 14.2. The average Bonchev–Trinajstić information content (AvgIpc) is 3.70. The Morgan fingerprint density at radius 2 is 2.00 bits per heavy atom. The smallest absolute Gasteiger partial charge is 0.207 e. The summed E-state index contributed by atoms with van der Waals surface area (Å²) in [5.41, 5.74) is 9.72. The second kappa shape index (κ2) is 12.8. The van der Waals surface area contributed by atoms with Crippen molar-refractivity contribution in [2.75, 3.05) is 19.0 Å². The van der Waals surface area contributed by atoms with Crippen molar-refractivity contribution in [3.8, 4) is 0 Å². The Labute approximate surface area is 204 Å². The van der Waals surface area contributed by atoms with Crippen molar-refractivity contribution in [1.29, 1.82) is 10.9 Å². The van der Waals surface area contributed by atoms with Crippen LogP contribution in [0.4, 0.5) is 10.1 Å². The number of aliphatic hydroxyl groups is 1. The SMILES string of the molecule is COC(=N)/C=C(\Nc1ccc(F)cc1[C@@H](C)OCc1ccccc1)C(O)/C(=C/NCC1CC1)N=N. The highest BCUT2D eigenvalue weighted by atomic mass is 19.1. The van der Waals surface area contributed by atoms with Crippen LogP contribution >= 0.6 is 0 Å². The second-order valence-electron chi connectivity index (χ2n) is 8.40. The molecule has 2 aromatic rings. The lowest BCUT2D eigenvalue weighted by molar-refractivity contribution is 0.0528. The molecule has 2 atom stereocenters. The molecule has 0 amide bonds. The summed E-state index contributed by atoms with van der Waals surface area (Å²) in [7, 11) is 1.34. The number of hydrogen-bond donors (Lipinski definition) is 5. The van der Waals surface area contributed by atoms with Gasteiger partial charge in [-0.05, 0) is 49.4 Å². The Kier molecular flexibility index (Phi) is 9.51. The van der Waals surface area contributed by atoms with E-state index >= 15 is 0 Å². The van der Waals surface area contributed by atoms with Gasteiger partial charge in [0, 0.05) is 30.1 Å². The number of ether oxygens (including phenoxy) is 2. The van der Waals surface area contributed by atoms with Crippen molar-refractivity contribution in [1.82, 2.24) is 5.32 Å². The lowest BCUT2D eigenvalue weighted by Crippen LogP contribution is -2.23. The number of aliphatic hydroxyl groups excluding tert-OH is 1. The van der Waals surface area contributed by atoms with Gasteiger partial charge in [-0.1, -0.05) is 30.3 Å². The molecule has 35 heavy (non-hydrogen) atoms. The normalized spacial score (nSPS) is 15.8. The Hall–Kier alpha value is -3.56. The number of rotatable bonds is 13. The zero-order valence-corrected chi connectivity index (χ0v) is 19.9. The summed E-state index contributed by atoms with van der Waals surface area (Å²) in [6, 6.07) is 13.9. The Morgan fingerprint density at radius 1 is 1.26 bits per heavy atom. The molecule has 0 spiro atoms. The molecule has 0 saturated heterocycles. The van der Waals surface area contributed by atoms with E-state index in [1.54, 1.807) is 0 Å². The summed E-state index contributed by atoms with van der Waals surface area (Å²) in [6.07, 6.45) is 3.28. The third-order valence-electron chi connectivity index (χ3n) is 5.64. The summed E-state index contributed by atoms with van der Waals surface area (Å²) in [5.74, 6) is -0.0365. The predicted octanol–water partition coefficient (Wildman–Crippen LogP) is 5.26. The molecule has 186 valence electrons. The summed E-state index contributed by atoms with van der Waals surface area (Å²) in [5, 5.41) is 28.5. The summed E-state index contributed by atoms with van der Waals surface area (Å²) in [6.45, 7) is 2.89. The van der Waals surface area contributed by atoms with Gasteiger partial charge in [-0.3, -0.25) is 5.41 Å². The van der Waals surface area contributed by atoms with Crippen LogP contribution in [0.15, 0.2) is 77.3 Å². The van der Waals surface area contributed by atoms with Crippen LogP contribution in [0.5, 0.6) is 0 Å². The van der Waals surface area contributed by atoms with Gasteiger partial charge in [0.05, 0.1) is 25.5 Å². The number of nitrogens with zero attached hydrogens (tertiary/aromatic N) is 1. The standard InChI is InChI=1S/C26H32FN5O3/c1-17(35-16-19-6-4-3-5-7-19)21-12-20(27)10-11-22(21)31-23(13-25(28)34-2)26(33)24(32-29)15-30-14-18-8-9-18/h3-7,10-13,15,17-18,26,28-31,33H,8-9,14,16H2,1-2H3/b23-13-,24-15-,28-25?,32-29?/t17-,26?/m1/s1. The molecule has 1 unspecified atom stereocenters. The maximum atomic E-state index is 14.2. The van der Waals surface area contributed by atoms with Crippen LogP contribution in [-0.2, 0) is 16.1 Å². The fourth-order valence-corrected chi connectivity index (χ4v) is 3.39. The van der Waals surface area contributed by atoms with Crippen molar-refractivity contribution in [2.24, 2.45) is 11.0 Å². The van der Waals surface area contributed by atoms with E-state index < -0.39 is 18.0 Å². The first-order chi connectivity index (χ1) is 16.9. The molecule has 3 rings (SSSR count). The molecular formula is C26H32FN5O3. The number of hydrogen-bond acceptors (Lipinski definition) is 8. The number of benzene rings is 2. The minimum absolute atomic E-state index is 0.0605. The van der Waals surface area contributed by atoms with Crippen LogP contribution < -0.4 is 10.6 Å². The first-order valence-corrected chi connectivity index (χ1v) is 11.5. The largest absolute Gasteiger partial charge is 0.481 e. The number of methoxy groups -OCH3 is 1. The lowest BCUT2D eigenvalue weighted by Gasteiger charge is -2.22. The van der Waals surface area contributed by atoms with Gasteiger partial charge in [-0.25, -0.2) is 9.92 Å². The van der Waals surface area contributed by atoms with Crippen molar-refractivity contribution < 1.29 is 19.0 Å². The van der Waals surface area contributed by atoms with E-state index in [-0.39, 0.29) is 17.3 Å². The molecule has 0 aromatic heterocycles. The molecule has 1 fully saturated rings. The zero-order chi connectivity index (χ0) is 25.2. The van der Waals surface area contributed by atoms with Crippen molar-refractivity contribution in [3.63, 3.8) is 0 Å². The number of nitrogens with one attached hydrogen (secondary N) is 4. The molecule has 1 aliphatic rings. The van der Waals surface area contributed by atoms with Gasteiger partial charge in [0.1, 0.15) is 17.6 Å². The van der Waals surface area contributed by atoms with Crippen LogP contribution in [0.25, 0.3) is 0 Å². The maximum Gasteiger partial charge on any atom is 0.207 e. The molecule has 0 radical (unpaired) electrons. The van der Waals surface area contributed by atoms with Crippen LogP contribution in [-0.4, -0.2) is 30.8 Å². The third kappa shape index (κ3) is 8.01. The Bertz CT molecular complexity index is 1070. The van der Waals surface area contributed by atoms with Crippen LogP contribution in [0.1, 0.15) is 37.0 Å². The highest BCUT2D eigenvalue weighted by Crippen LogP contribution is 2.30. The fraction of sp³-hybridized carbons (Fsp3) is 0.346. The minimum Gasteiger partial charge on any atom is -0.481 e. The van der Waals surface area contributed by atoms with Crippen LogP contribution in [0, 0.1) is 22.7 Å². The van der Waals surface area contributed by atoms with Gasteiger partial charge in [0.15, 0.2) is 0 Å². The Balaban J connectivity index is 1.82. The molecule has 0 heterocycles. The number of halogens is 1. The first-order valence-electron chi connectivity index (χ1n) is 11.5. The molecule has 2 aromatic carbocycles. The monoisotopic (exact) mass is 481 g/mol. The van der Waals surface area contributed by atoms with E-state index in [0.29, 0.717) is 23.8 Å². The van der Waals surface area contributed by atoms with Gasteiger partial charge in [0.25, 0.3) is 0 Å². The number of anilines is 1. The van der Waals surface area contributed by atoms with Gasteiger partial charge in [-0.2, -0.15) is 5.11 Å². The van der Waals surface area contributed by atoms with E-state index in [1.807, 2.05) is 37.3 Å². The zero-order valence-electron chi connectivity index (χ0n) is 19.9. The highest BCUT2D eigenvalue weighted by molar-refractivity contribution is 5.86. The Morgan fingerprint density at radius 3 is 2.66 bits per heavy atom. The van der Waals surface area contributed by atoms with Gasteiger partial charge in [0.2, 0.25) is 5.90 Å². The molecule has 5 N–H and O–H groups in total. The molecule has 0 aliphatic heterocycles. The quantitative estimate of drug-likeness (QED) is 0.152. The molecule has 9 heteroatoms. The summed E-state index contributed by atoms with van der Waals surface area (Å²) in [4.78, 5) is 0. The van der Waals surface area contributed by atoms with E-state index in [2.05, 4.69) is 15.7 Å². The summed E-state index contributed by atoms with van der Waals surface area (Å²) < 4.78 is 25.1. The molecule has 1 aliphatic carbocycles. The average molecular weight is 482 g/mol. The fourth-order valence-electron chi connectivity index (χ4n) is 3.39. The van der Waals surface area contributed by atoms with Crippen molar-refractivity contribution >= 4 is 11.6 Å². The third-order valence-corrected chi connectivity index (χ3v) is 5.64. The van der Waals surface area contributed by atoms with Gasteiger partial charge < -0.3 is 25.2 Å². The van der Waals surface area contributed by atoms with Crippen molar-refractivity contribution in [3.05, 3.63) is 89.1 Å². The predicted molar refractivity (Wildman–Crippen MR) is 132 cm³/mol.